The van der Waals surface area contributed by atoms with E-state index in [2.05, 4.69) is 12.2 Å². The fourth-order valence-corrected chi connectivity index (χ4v) is 3.47. The maximum atomic E-state index is 11.9. The molecule has 0 spiro atoms. The van der Waals surface area contributed by atoms with Crippen LogP contribution >= 0.6 is 11.8 Å². The number of rotatable bonds is 7. The van der Waals surface area contributed by atoms with Gasteiger partial charge in [-0.15, -0.1) is 0 Å². The molecule has 17 heavy (non-hydrogen) atoms. The van der Waals surface area contributed by atoms with Crippen LogP contribution in [0.5, 0.6) is 0 Å². The Labute approximate surface area is 107 Å². The van der Waals surface area contributed by atoms with Crippen molar-refractivity contribution in [1.29, 1.82) is 0 Å². The molecule has 0 aliphatic heterocycles. The topological polar surface area (TPSA) is 58.6 Å². The first kappa shape index (κ1) is 14.8. The summed E-state index contributed by atoms with van der Waals surface area (Å²) in [5, 5.41) is 12.6. The number of carbonyl (C=O) groups excluding carboxylic acids is 1. The van der Waals surface area contributed by atoms with Crippen LogP contribution in [-0.2, 0) is 9.53 Å². The van der Waals surface area contributed by atoms with Gasteiger partial charge >= 0.3 is 5.97 Å². The molecule has 0 aromatic carbocycles. The number of carbonyl (C=O) groups is 1. The second kappa shape index (κ2) is 7.24. The molecule has 1 fully saturated rings. The highest BCUT2D eigenvalue weighted by molar-refractivity contribution is 7.99. The zero-order valence-electron chi connectivity index (χ0n) is 10.7. The van der Waals surface area contributed by atoms with E-state index in [0.29, 0.717) is 5.25 Å². The summed E-state index contributed by atoms with van der Waals surface area (Å²) in [4.78, 5) is 11.9. The van der Waals surface area contributed by atoms with Crippen molar-refractivity contribution < 1.29 is 14.6 Å². The van der Waals surface area contributed by atoms with E-state index in [1.165, 1.54) is 7.11 Å². The smallest absolute Gasteiger partial charge is 0.326 e. The number of ether oxygens (including phenoxy) is 1. The molecule has 0 amide bonds. The summed E-state index contributed by atoms with van der Waals surface area (Å²) in [6.07, 6.45) is 3.66. The predicted octanol–water partition coefficient (Wildman–Crippen LogP) is 1.18. The zero-order valence-corrected chi connectivity index (χ0v) is 11.5. The Morgan fingerprint density at radius 2 is 2.41 bits per heavy atom. The van der Waals surface area contributed by atoms with Crippen molar-refractivity contribution >= 4 is 17.7 Å². The summed E-state index contributed by atoms with van der Waals surface area (Å²) in [5.41, 5.74) is -0.488. The van der Waals surface area contributed by atoms with Crippen LogP contribution in [0.4, 0.5) is 0 Å². The van der Waals surface area contributed by atoms with Crippen molar-refractivity contribution in [2.45, 2.75) is 43.4 Å². The lowest BCUT2D eigenvalue weighted by molar-refractivity contribution is -0.148. The van der Waals surface area contributed by atoms with E-state index in [-0.39, 0.29) is 12.6 Å². The van der Waals surface area contributed by atoms with Crippen molar-refractivity contribution in [3.8, 4) is 0 Å². The lowest BCUT2D eigenvalue weighted by Gasteiger charge is -2.27. The molecule has 1 aliphatic rings. The molecule has 5 heteroatoms. The van der Waals surface area contributed by atoms with E-state index < -0.39 is 5.54 Å². The highest BCUT2D eigenvalue weighted by Crippen LogP contribution is 2.37. The third-order valence-electron chi connectivity index (χ3n) is 3.20. The van der Waals surface area contributed by atoms with Gasteiger partial charge in [0.25, 0.3) is 0 Å². The summed E-state index contributed by atoms with van der Waals surface area (Å²) in [6, 6.07) is 0. The number of hydrogen-bond donors (Lipinski definition) is 2. The highest BCUT2D eigenvalue weighted by atomic mass is 32.2. The van der Waals surface area contributed by atoms with Crippen molar-refractivity contribution in [3.05, 3.63) is 0 Å². The molecule has 4 nitrogen and oxygen atoms in total. The molecule has 2 unspecified atom stereocenters. The SMILES string of the molecule is CCCNC1(C(=O)OC)CCC(SCCO)C1. The Morgan fingerprint density at radius 1 is 1.65 bits per heavy atom. The average Bonchev–Trinajstić information content (AvgIpc) is 2.77. The number of hydrogen-bond acceptors (Lipinski definition) is 5. The van der Waals surface area contributed by atoms with E-state index in [1.807, 2.05) is 0 Å². The summed E-state index contributed by atoms with van der Waals surface area (Å²) in [6.45, 7) is 3.13. The van der Waals surface area contributed by atoms with Gasteiger partial charge in [-0.2, -0.15) is 11.8 Å². The van der Waals surface area contributed by atoms with Gasteiger partial charge in [-0.25, -0.2) is 0 Å². The average molecular weight is 261 g/mol. The first-order valence-corrected chi connectivity index (χ1v) is 7.29. The number of methoxy groups -OCH3 is 1. The summed E-state index contributed by atoms with van der Waals surface area (Å²) < 4.78 is 4.93. The largest absolute Gasteiger partial charge is 0.468 e. The van der Waals surface area contributed by atoms with Crippen molar-refractivity contribution in [1.82, 2.24) is 5.32 Å². The van der Waals surface area contributed by atoms with Crippen LogP contribution in [0, 0.1) is 0 Å². The van der Waals surface area contributed by atoms with Gasteiger partial charge < -0.3 is 15.2 Å². The quantitative estimate of drug-likeness (QED) is 0.674. The van der Waals surface area contributed by atoms with Crippen LogP contribution < -0.4 is 5.32 Å². The Kier molecular flexibility index (Phi) is 6.30. The number of esters is 1. The van der Waals surface area contributed by atoms with Crippen LogP contribution in [0.25, 0.3) is 0 Å². The van der Waals surface area contributed by atoms with E-state index >= 15 is 0 Å². The maximum absolute atomic E-state index is 11.9. The maximum Gasteiger partial charge on any atom is 0.326 e. The van der Waals surface area contributed by atoms with Crippen LogP contribution in [0.3, 0.4) is 0 Å². The first-order valence-electron chi connectivity index (χ1n) is 6.24. The highest BCUT2D eigenvalue weighted by Gasteiger charge is 2.45. The molecule has 1 aliphatic carbocycles. The van der Waals surface area contributed by atoms with Gasteiger partial charge in [-0.1, -0.05) is 6.92 Å². The zero-order chi connectivity index (χ0) is 12.7. The molecule has 2 atom stereocenters. The summed E-state index contributed by atoms with van der Waals surface area (Å²) >= 11 is 1.75. The van der Waals surface area contributed by atoms with Crippen molar-refractivity contribution in [2.75, 3.05) is 26.0 Å². The van der Waals surface area contributed by atoms with Gasteiger partial charge in [-0.05, 0) is 32.2 Å². The number of aliphatic hydroxyl groups is 1. The van der Waals surface area contributed by atoms with Gasteiger partial charge in [0.05, 0.1) is 13.7 Å². The molecule has 2 N–H and O–H groups in total. The molecule has 0 aromatic heterocycles. The minimum Gasteiger partial charge on any atom is -0.468 e. The Bertz CT molecular complexity index is 250. The summed E-state index contributed by atoms with van der Waals surface area (Å²) in [7, 11) is 1.45. The molecule has 0 radical (unpaired) electrons. The van der Waals surface area contributed by atoms with Crippen LogP contribution in [0.1, 0.15) is 32.6 Å². The fourth-order valence-electron chi connectivity index (χ4n) is 2.34. The van der Waals surface area contributed by atoms with E-state index in [0.717, 1.165) is 38.0 Å². The van der Waals surface area contributed by atoms with Gasteiger partial charge in [0.1, 0.15) is 5.54 Å². The second-order valence-corrected chi connectivity index (χ2v) is 5.87. The van der Waals surface area contributed by atoms with E-state index in [4.69, 9.17) is 9.84 Å². The van der Waals surface area contributed by atoms with E-state index in [1.54, 1.807) is 11.8 Å². The minimum absolute atomic E-state index is 0.141. The van der Waals surface area contributed by atoms with Gasteiger partial charge in [0.15, 0.2) is 0 Å². The molecule has 1 rings (SSSR count). The Balaban J connectivity index is 2.57. The first-order chi connectivity index (χ1) is 8.18. The molecular weight excluding hydrogens is 238 g/mol. The molecular formula is C12H23NO3S. The number of nitrogens with one attached hydrogen (secondary N) is 1. The van der Waals surface area contributed by atoms with Gasteiger partial charge in [-0.3, -0.25) is 4.79 Å². The summed E-state index contributed by atoms with van der Waals surface area (Å²) in [5.74, 6) is 0.605. The van der Waals surface area contributed by atoms with Crippen LogP contribution in [-0.4, -0.2) is 47.9 Å². The molecule has 0 heterocycles. The third-order valence-corrected chi connectivity index (χ3v) is 4.50. The van der Waals surface area contributed by atoms with Gasteiger partial charge in [0, 0.05) is 11.0 Å². The minimum atomic E-state index is -0.488. The molecule has 0 bridgehead atoms. The van der Waals surface area contributed by atoms with Gasteiger partial charge in [0.2, 0.25) is 0 Å². The second-order valence-electron chi connectivity index (χ2n) is 4.46. The number of thioether (sulfide) groups is 1. The number of aliphatic hydroxyl groups excluding tert-OH is 1. The molecule has 100 valence electrons. The molecule has 0 aromatic rings. The van der Waals surface area contributed by atoms with Crippen molar-refractivity contribution in [2.24, 2.45) is 0 Å². The van der Waals surface area contributed by atoms with E-state index in [9.17, 15) is 4.79 Å². The molecule has 1 saturated carbocycles. The normalized spacial score (nSPS) is 28.3. The fraction of sp³-hybridized carbons (Fsp3) is 0.917. The standard InChI is InChI=1S/C12H23NO3S/c1-3-6-13-12(11(15)16-2)5-4-10(9-12)17-8-7-14/h10,13-14H,3-9H2,1-2H3. The molecule has 0 saturated heterocycles. The monoisotopic (exact) mass is 261 g/mol. The Morgan fingerprint density at radius 3 is 3.00 bits per heavy atom. The lowest BCUT2D eigenvalue weighted by atomic mass is 9.97. The van der Waals surface area contributed by atoms with Crippen LogP contribution in [0.2, 0.25) is 0 Å². The third kappa shape index (κ3) is 3.86. The predicted molar refractivity (Wildman–Crippen MR) is 70.2 cm³/mol. The van der Waals surface area contributed by atoms with Crippen LogP contribution in [0.15, 0.2) is 0 Å². The Hall–Kier alpha value is -0.260. The lowest BCUT2D eigenvalue weighted by Crippen LogP contribution is -2.51. The van der Waals surface area contributed by atoms with Crippen molar-refractivity contribution in [3.63, 3.8) is 0 Å².